The molecule has 0 spiro atoms. The van der Waals surface area contributed by atoms with Crippen LogP contribution in [0.1, 0.15) is 22.9 Å². The molecule has 0 saturated carbocycles. The predicted octanol–water partition coefficient (Wildman–Crippen LogP) is 3.86. The van der Waals surface area contributed by atoms with Gasteiger partial charge in [0, 0.05) is 22.6 Å². The summed E-state index contributed by atoms with van der Waals surface area (Å²) in [6.07, 6.45) is 0.881. The van der Waals surface area contributed by atoms with Crippen molar-refractivity contribution in [1.29, 1.82) is 0 Å². The van der Waals surface area contributed by atoms with Crippen LogP contribution in [-0.2, 0) is 6.54 Å². The quantitative estimate of drug-likeness (QED) is 0.886. The van der Waals surface area contributed by atoms with E-state index in [2.05, 4.69) is 22.8 Å². The summed E-state index contributed by atoms with van der Waals surface area (Å²) in [4.78, 5) is 16.1. The van der Waals surface area contributed by atoms with E-state index in [4.69, 9.17) is 4.74 Å². The SMILES string of the molecule is O=C1NC2c3ccccc3OC3(CCSCC23)N1Cc1cccs1. The first kappa shape index (κ1) is 14.7. The first-order valence-electron chi connectivity index (χ1n) is 8.24. The number of carbonyl (C=O) groups excluding carboxylic acids is 1. The number of nitrogens with one attached hydrogen (secondary N) is 1. The molecule has 2 aromatic rings. The molecule has 1 N–H and O–H groups in total. The summed E-state index contributed by atoms with van der Waals surface area (Å²) in [7, 11) is 0. The highest BCUT2D eigenvalue weighted by Crippen LogP contribution is 2.53. The number of amides is 2. The van der Waals surface area contributed by atoms with Crippen molar-refractivity contribution in [3.63, 3.8) is 0 Å². The number of carbonyl (C=O) groups is 1. The highest BCUT2D eigenvalue weighted by atomic mass is 32.2. The molecular formula is C18H18N2O2S2. The number of ether oxygens (including phenoxy) is 1. The van der Waals surface area contributed by atoms with Crippen molar-refractivity contribution in [2.24, 2.45) is 5.92 Å². The molecule has 6 heteroatoms. The number of thioether (sulfide) groups is 1. The van der Waals surface area contributed by atoms with Crippen LogP contribution in [0.15, 0.2) is 41.8 Å². The molecule has 0 aliphatic carbocycles. The molecule has 4 heterocycles. The Morgan fingerprint density at radius 3 is 3.08 bits per heavy atom. The average Bonchev–Trinajstić information content (AvgIpc) is 3.11. The van der Waals surface area contributed by atoms with Gasteiger partial charge in [-0.3, -0.25) is 4.90 Å². The van der Waals surface area contributed by atoms with Gasteiger partial charge in [0.25, 0.3) is 0 Å². The Morgan fingerprint density at radius 1 is 1.29 bits per heavy atom. The van der Waals surface area contributed by atoms with Gasteiger partial charge in [-0.2, -0.15) is 11.8 Å². The lowest BCUT2D eigenvalue weighted by molar-refractivity contribution is -0.142. The van der Waals surface area contributed by atoms with Gasteiger partial charge in [0.05, 0.1) is 18.5 Å². The molecule has 124 valence electrons. The number of thiophene rings is 1. The summed E-state index contributed by atoms with van der Waals surface area (Å²) < 4.78 is 6.58. The fraction of sp³-hybridized carbons (Fsp3) is 0.389. The van der Waals surface area contributed by atoms with E-state index >= 15 is 0 Å². The van der Waals surface area contributed by atoms with Crippen LogP contribution in [0.5, 0.6) is 5.75 Å². The highest BCUT2D eigenvalue weighted by molar-refractivity contribution is 7.99. The van der Waals surface area contributed by atoms with E-state index in [1.807, 2.05) is 40.9 Å². The first-order chi connectivity index (χ1) is 11.8. The molecule has 3 unspecified atom stereocenters. The zero-order valence-corrected chi connectivity index (χ0v) is 14.7. The third-order valence-corrected chi connectivity index (χ3v) is 7.25. The second-order valence-corrected chi connectivity index (χ2v) is 8.69. The molecule has 0 radical (unpaired) electrons. The number of fused-ring (bicyclic) bond motifs is 2. The molecule has 2 saturated heterocycles. The van der Waals surface area contributed by atoms with Crippen molar-refractivity contribution in [3.8, 4) is 5.75 Å². The van der Waals surface area contributed by atoms with E-state index in [1.165, 1.54) is 4.88 Å². The molecular weight excluding hydrogens is 340 g/mol. The van der Waals surface area contributed by atoms with E-state index in [1.54, 1.807) is 11.3 Å². The molecule has 1 aromatic heterocycles. The topological polar surface area (TPSA) is 41.6 Å². The van der Waals surface area contributed by atoms with Crippen molar-refractivity contribution in [2.75, 3.05) is 11.5 Å². The Balaban J connectivity index is 1.62. The molecule has 2 bridgehead atoms. The van der Waals surface area contributed by atoms with Gasteiger partial charge < -0.3 is 10.1 Å². The van der Waals surface area contributed by atoms with E-state index in [9.17, 15) is 4.79 Å². The van der Waals surface area contributed by atoms with Crippen LogP contribution in [0.3, 0.4) is 0 Å². The van der Waals surface area contributed by atoms with Crippen LogP contribution in [0, 0.1) is 5.92 Å². The van der Waals surface area contributed by atoms with E-state index in [0.29, 0.717) is 6.54 Å². The molecule has 3 aliphatic rings. The van der Waals surface area contributed by atoms with Crippen LogP contribution in [0.4, 0.5) is 4.79 Å². The highest BCUT2D eigenvalue weighted by Gasteiger charge is 2.59. The van der Waals surface area contributed by atoms with Gasteiger partial charge in [-0.1, -0.05) is 24.3 Å². The summed E-state index contributed by atoms with van der Waals surface area (Å²) in [5, 5.41) is 5.32. The second-order valence-electron chi connectivity index (χ2n) is 6.51. The lowest BCUT2D eigenvalue weighted by Crippen LogP contribution is -2.72. The number of para-hydroxylation sites is 1. The number of nitrogens with zero attached hydrogens (tertiary/aromatic N) is 1. The van der Waals surface area contributed by atoms with Crippen LogP contribution < -0.4 is 10.1 Å². The van der Waals surface area contributed by atoms with Gasteiger partial charge >= 0.3 is 6.03 Å². The van der Waals surface area contributed by atoms with Crippen molar-refractivity contribution in [2.45, 2.75) is 24.7 Å². The largest absolute Gasteiger partial charge is 0.467 e. The van der Waals surface area contributed by atoms with Gasteiger partial charge in [-0.25, -0.2) is 4.79 Å². The summed E-state index contributed by atoms with van der Waals surface area (Å²) in [6.45, 7) is 0.611. The van der Waals surface area contributed by atoms with Crippen LogP contribution in [0.2, 0.25) is 0 Å². The van der Waals surface area contributed by atoms with Gasteiger partial charge in [0.1, 0.15) is 5.75 Å². The van der Waals surface area contributed by atoms with Gasteiger partial charge in [-0.15, -0.1) is 11.3 Å². The minimum absolute atomic E-state index is 0.00828. The summed E-state index contributed by atoms with van der Waals surface area (Å²) >= 11 is 3.65. The fourth-order valence-electron chi connectivity index (χ4n) is 4.18. The Morgan fingerprint density at radius 2 is 2.21 bits per heavy atom. The molecule has 4 nitrogen and oxygen atoms in total. The first-order valence-corrected chi connectivity index (χ1v) is 10.3. The summed E-state index contributed by atoms with van der Waals surface area (Å²) in [5.74, 6) is 3.24. The lowest BCUT2D eigenvalue weighted by Gasteiger charge is -2.58. The van der Waals surface area contributed by atoms with Crippen molar-refractivity contribution < 1.29 is 9.53 Å². The Bertz CT molecular complexity index is 779. The molecule has 2 amide bonds. The van der Waals surface area contributed by atoms with Gasteiger partial charge in [0.15, 0.2) is 5.72 Å². The van der Waals surface area contributed by atoms with E-state index in [0.717, 1.165) is 29.2 Å². The molecule has 1 aromatic carbocycles. The van der Waals surface area contributed by atoms with Crippen molar-refractivity contribution >= 4 is 29.1 Å². The van der Waals surface area contributed by atoms with E-state index < -0.39 is 5.72 Å². The zero-order chi connectivity index (χ0) is 16.1. The zero-order valence-electron chi connectivity index (χ0n) is 13.1. The number of hydrogen-bond donors (Lipinski definition) is 1. The molecule has 2 fully saturated rings. The molecule has 24 heavy (non-hydrogen) atoms. The fourth-order valence-corrected chi connectivity index (χ4v) is 6.18. The Labute approximate surface area is 149 Å². The van der Waals surface area contributed by atoms with Crippen molar-refractivity contribution in [3.05, 3.63) is 52.2 Å². The Hall–Kier alpha value is -1.66. The lowest BCUT2D eigenvalue weighted by atomic mass is 9.78. The standard InChI is InChI=1S/C18H18N2O2S2/c21-17-19-16-13-5-1-2-6-15(13)22-18(7-9-23-11-14(16)18)20(17)10-12-4-3-8-24-12/h1-6,8,14,16H,7,9-11H2,(H,19,21). The maximum Gasteiger partial charge on any atom is 0.321 e. The minimum Gasteiger partial charge on any atom is -0.467 e. The van der Waals surface area contributed by atoms with Crippen LogP contribution >= 0.6 is 23.1 Å². The molecule has 3 atom stereocenters. The third kappa shape index (κ3) is 2.02. The number of urea groups is 1. The Kier molecular flexibility index (Phi) is 3.31. The third-order valence-electron chi connectivity index (χ3n) is 5.30. The maximum absolute atomic E-state index is 12.9. The molecule has 5 rings (SSSR count). The normalized spacial score (nSPS) is 30.8. The maximum atomic E-state index is 12.9. The second kappa shape index (κ2) is 5.43. The monoisotopic (exact) mass is 358 g/mol. The number of hydrogen-bond acceptors (Lipinski definition) is 4. The van der Waals surface area contributed by atoms with Gasteiger partial charge in [-0.05, 0) is 23.3 Å². The van der Waals surface area contributed by atoms with Gasteiger partial charge in [0.2, 0.25) is 0 Å². The minimum atomic E-state index is -0.517. The van der Waals surface area contributed by atoms with Crippen LogP contribution in [0.25, 0.3) is 0 Å². The average molecular weight is 358 g/mol. The van der Waals surface area contributed by atoms with E-state index in [-0.39, 0.29) is 18.0 Å². The summed E-state index contributed by atoms with van der Waals surface area (Å²) in [5.41, 5.74) is 0.598. The number of benzene rings is 1. The predicted molar refractivity (Wildman–Crippen MR) is 96.4 cm³/mol. The number of rotatable bonds is 2. The molecule has 3 aliphatic heterocycles. The smallest absolute Gasteiger partial charge is 0.321 e. The van der Waals surface area contributed by atoms with Crippen molar-refractivity contribution in [1.82, 2.24) is 10.2 Å². The summed E-state index contributed by atoms with van der Waals surface area (Å²) in [6, 6.07) is 12.3. The van der Waals surface area contributed by atoms with Crippen LogP contribution in [-0.4, -0.2) is 28.2 Å².